The summed E-state index contributed by atoms with van der Waals surface area (Å²) >= 11 is 0. The van der Waals surface area contributed by atoms with Crippen molar-refractivity contribution >= 4 is 23.3 Å². The maximum atomic E-state index is 12.5. The van der Waals surface area contributed by atoms with E-state index < -0.39 is 0 Å². The van der Waals surface area contributed by atoms with Gasteiger partial charge in [-0.25, -0.2) is 0 Å². The van der Waals surface area contributed by atoms with E-state index in [-0.39, 0.29) is 0 Å². The average Bonchev–Trinajstić information content (AvgIpc) is 2.88. The van der Waals surface area contributed by atoms with Crippen LogP contribution in [0, 0.1) is 0 Å². The molecule has 0 atom stereocenters. The number of hydrogen-bond donors (Lipinski definition) is 0. The van der Waals surface area contributed by atoms with Gasteiger partial charge in [0.05, 0.1) is 0 Å². The van der Waals surface area contributed by atoms with Gasteiger partial charge in [-0.15, -0.1) is 0 Å². The van der Waals surface area contributed by atoms with E-state index in [9.17, 15) is 9.59 Å². The first kappa shape index (κ1) is 19.7. The molecule has 152 valence electrons. The summed E-state index contributed by atoms with van der Waals surface area (Å²) in [5.74, 6) is 0. The third-order valence-electron chi connectivity index (χ3n) is 5.87. The van der Waals surface area contributed by atoms with Crippen molar-refractivity contribution in [1.82, 2.24) is 0 Å². The number of carbonyl (C=O) groups excluding carboxylic acids is 2. The van der Waals surface area contributed by atoms with E-state index in [1.807, 2.05) is 91.0 Å². The Bertz CT molecular complexity index is 1430. The summed E-state index contributed by atoms with van der Waals surface area (Å²) in [6.45, 7) is 0. The summed E-state index contributed by atoms with van der Waals surface area (Å²) in [6.07, 6.45) is 1.62. The van der Waals surface area contributed by atoms with Crippen molar-refractivity contribution in [3.63, 3.8) is 0 Å². The van der Waals surface area contributed by atoms with E-state index in [1.54, 1.807) is 0 Å². The second-order valence-corrected chi connectivity index (χ2v) is 7.67. The van der Waals surface area contributed by atoms with Crippen molar-refractivity contribution in [3.05, 3.63) is 120 Å². The normalized spacial score (nSPS) is 10.8. The standard InChI is InChI=1S/C30H20O2/c31-19-28-27(25-17-9-15-21-12-7-8-16-24(21)25)18-26(22-10-3-1-4-11-22)30(29(28)20-32)23-13-5-2-6-14-23/h1-20H. The summed E-state index contributed by atoms with van der Waals surface area (Å²) in [5.41, 5.74) is 6.12. The summed E-state index contributed by atoms with van der Waals surface area (Å²) < 4.78 is 0. The van der Waals surface area contributed by atoms with Gasteiger partial charge in [-0.05, 0) is 44.7 Å². The van der Waals surface area contributed by atoms with Crippen LogP contribution in [0.1, 0.15) is 20.7 Å². The number of hydrogen-bond acceptors (Lipinski definition) is 2. The summed E-state index contributed by atoms with van der Waals surface area (Å²) in [7, 11) is 0. The van der Waals surface area contributed by atoms with Crippen LogP contribution in [0.2, 0.25) is 0 Å². The van der Waals surface area contributed by atoms with Gasteiger partial charge >= 0.3 is 0 Å². The third kappa shape index (κ3) is 3.32. The lowest BCUT2D eigenvalue weighted by Gasteiger charge is -2.19. The van der Waals surface area contributed by atoms with Gasteiger partial charge in [-0.3, -0.25) is 9.59 Å². The molecule has 0 saturated carbocycles. The molecule has 32 heavy (non-hydrogen) atoms. The first-order valence-corrected chi connectivity index (χ1v) is 10.5. The lowest BCUT2D eigenvalue weighted by atomic mass is 9.83. The Morgan fingerprint density at radius 2 is 1.06 bits per heavy atom. The van der Waals surface area contributed by atoms with E-state index in [1.165, 1.54) is 0 Å². The molecule has 0 aliphatic heterocycles. The zero-order valence-electron chi connectivity index (χ0n) is 17.4. The number of fused-ring (bicyclic) bond motifs is 1. The number of rotatable bonds is 5. The van der Waals surface area contributed by atoms with Crippen molar-refractivity contribution in [2.24, 2.45) is 0 Å². The molecule has 0 bridgehead atoms. The Morgan fingerprint density at radius 3 is 1.75 bits per heavy atom. The molecule has 0 aliphatic carbocycles. The minimum absolute atomic E-state index is 0.412. The highest BCUT2D eigenvalue weighted by atomic mass is 16.1. The second-order valence-electron chi connectivity index (χ2n) is 7.67. The van der Waals surface area contributed by atoms with Gasteiger partial charge in [0.2, 0.25) is 0 Å². The number of aldehydes is 2. The van der Waals surface area contributed by atoms with Crippen LogP contribution in [0.25, 0.3) is 44.2 Å². The van der Waals surface area contributed by atoms with Crippen LogP contribution in [-0.2, 0) is 0 Å². The van der Waals surface area contributed by atoms with Crippen LogP contribution in [0.15, 0.2) is 109 Å². The van der Waals surface area contributed by atoms with Crippen LogP contribution >= 0.6 is 0 Å². The van der Waals surface area contributed by atoms with Crippen molar-refractivity contribution in [2.75, 3.05) is 0 Å². The predicted octanol–water partition coefficient (Wildman–Crippen LogP) is 7.47. The smallest absolute Gasteiger partial charge is 0.151 e. The number of carbonyl (C=O) groups is 2. The highest BCUT2D eigenvalue weighted by molar-refractivity contribution is 6.10. The average molecular weight is 412 g/mol. The molecule has 0 saturated heterocycles. The van der Waals surface area contributed by atoms with Gasteiger partial charge in [-0.1, -0.05) is 103 Å². The second kappa shape index (κ2) is 8.44. The van der Waals surface area contributed by atoms with Crippen molar-refractivity contribution in [1.29, 1.82) is 0 Å². The van der Waals surface area contributed by atoms with Crippen LogP contribution in [0.5, 0.6) is 0 Å². The Hall–Kier alpha value is -4.30. The molecule has 0 spiro atoms. The summed E-state index contributed by atoms with van der Waals surface area (Å²) in [4.78, 5) is 24.8. The van der Waals surface area contributed by atoms with Crippen LogP contribution in [-0.4, -0.2) is 12.6 Å². The minimum atomic E-state index is 0.412. The van der Waals surface area contributed by atoms with E-state index in [0.717, 1.165) is 56.7 Å². The fraction of sp³-hybridized carbons (Fsp3) is 0. The molecular formula is C30H20O2. The van der Waals surface area contributed by atoms with Crippen LogP contribution < -0.4 is 0 Å². The largest absolute Gasteiger partial charge is 0.298 e. The lowest BCUT2D eigenvalue weighted by Crippen LogP contribution is -2.02. The Morgan fingerprint density at radius 1 is 0.469 bits per heavy atom. The molecule has 2 heteroatoms. The molecule has 0 heterocycles. The van der Waals surface area contributed by atoms with E-state index in [4.69, 9.17) is 0 Å². The van der Waals surface area contributed by atoms with Gasteiger partial charge in [0, 0.05) is 16.7 Å². The molecular weight excluding hydrogens is 392 g/mol. The zero-order valence-corrected chi connectivity index (χ0v) is 17.4. The molecule has 0 unspecified atom stereocenters. The Balaban J connectivity index is 1.93. The predicted molar refractivity (Wildman–Crippen MR) is 131 cm³/mol. The molecule has 5 rings (SSSR count). The molecule has 0 radical (unpaired) electrons. The highest BCUT2D eigenvalue weighted by Crippen LogP contribution is 2.42. The fourth-order valence-corrected chi connectivity index (χ4v) is 4.41. The summed E-state index contributed by atoms with van der Waals surface area (Å²) in [5, 5.41) is 2.13. The fourth-order valence-electron chi connectivity index (χ4n) is 4.41. The van der Waals surface area contributed by atoms with Crippen molar-refractivity contribution in [2.45, 2.75) is 0 Å². The quantitative estimate of drug-likeness (QED) is 0.281. The van der Waals surface area contributed by atoms with Crippen molar-refractivity contribution < 1.29 is 9.59 Å². The van der Waals surface area contributed by atoms with E-state index in [0.29, 0.717) is 11.1 Å². The molecule has 0 fully saturated rings. The van der Waals surface area contributed by atoms with Crippen LogP contribution in [0.3, 0.4) is 0 Å². The first-order valence-electron chi connectivity index (χ1n) is 10.5. The molecule has 0 aliphatic rings. The lowest BCUT2D eigenvalue weighted by molar-refractivity contribution is 0.109. The SMILES string of the molecule is O=Cc1c(-c2cccc3ccccc23)cc(-c2ccccc2)c(-c2ccccc2)c1C=O. The highest BCUT2D eigenvalue weighted by Gasteiger charge is 2.21. The zero-order chi connectivity index (χ0) is 21.9. The van der Waals surface area contributed by atoms with Gasteiger partial charge in [0.25, 0.3) is 0 Å². The minimum Gasteiger partial charge on any atom is -0.298 e. The molecule has 0 amide bonds. The van der Waals surface area contributed by atoms with Gasteiger partial charge in [-0.2, -0.15) is 0 Å². The maximum Gasteiger partial charge on any atom is 0.151 e. The topological polar surface area (TPSA) is 34.1 Å². The van der Waals surface area contributed by atoms with Gasteiger partial charge in [0.1, 0.15) is 0 Å². The molecule has 0 aromatic heterocycles. The van der Waals surface area contributed by atoms with E-state index in [2.05, 4.69) is 18.2 Å². The van der Waals surface area contributed by atoms with Gasteiger partial charge < -0.3 is 0 Å². The number of benzene rings is 5. The maximum absolute atomic E-state index is 12.5. The van der Waals surface area contributed by atoms with Crippen molar-refractivity contribution in [3.8, 4) is 33.4 Å². The molecule has 5 aromatic rings. The molecule has 5 aromatic carbocycles. The van der Waals surface area contributed by atoms with Crippen LogP contribution in [0.4, 0.5) is 0 Å². The molecule has 2 nitrogen and oxygen atoms in total. The Labute approximate surface area is 186 Å². The third-order valence-corrected chi connectivity index (χ3v) is 5.87. The monoisotopic (exact) mass is 412 g/mol. The first-order chi connectivity index (χ1) is 15.8. The molecule has 0 N–H and O–H groups in total. The Kier molecular flexibility index (Phi) is 5.19. The van der Waals surface area contributed by atoms with E-state index >= 15 is 0 Å². The van der Waals surface area contributed by atoms with Gasteiger partial charge in [0.15, 0.2) is 12.6 Å². The summed E-state index contributed by atoms with van der Waals surface area (Å²) in [6, 6.07) is 36.0.